The van der Waals surface area contributed by atoms with Gasteiger partial charge >= 0.3 is 0 Å². The summed E-state index contributed by atoms with van der Waals surface area (Å²) >= 11 is 0. The molecule has 0 fully saturated rings. The number of nitrogens with one attached hydrogen (secondary N) is 2. The molecule has 0 aliphatic carbocycles. The minimum atomic E-state index is 0.185. The van der Waals surface area contributed by atoms with Crippen LogP contribution in [0.2, 0.25) is 0 Å². The molecule has 0 aliphatic heterocycles. The quantitative estimate of drug-likeness (QED) is 0.169. The highest BCUT2D eigenvalue weighted by Gasteiger charge is 2.20. The zero-order valence-corrected chi connectivity index (χ0v) is 24.2. The molecule has 0 bridgehead atoms. The Balaban J connectivity index is 1.64. The molecule has 0 spiro atoms. The Labute approximate surface area is 234 Å². The average Bonchev–Trinajstić information content (AvgIpc) is 3.37. The van der Waals surface area contributed by atoms with E-state index >= 15 is 0 Å². The normalized spacial score (nSPS) is 13.2. The highest BCUT2D eigenvalue weighted by Crippen LogP contribution is 2.29. The van der Waals surface area contributed by atoms with E-state index in [9.17, 15) is 0 Å². The first-order chi connectivity index (χ1) is 18.8. The second kappa shape index (κ2) is 13.5. The van der Waals surface area contributed by atoms with E-state index in [2.05, 4.69) is 117 Å². The summed E-state index contributed by atoms with van der Waals surface area (Å²) in [6, 6.07) is 21.6. The summed E-state index contributed by atoms with van der Waals surface area (Å²) in [5.41, 5.74) is 5.48. The number of allylic oxidation sites excluding steroid dienone is 1. The Morgan fingerprint density at radius 3 is 2.10 bits per heavy atom. The molecule has 2 N–H and O–H groups in total. The molecule has 6 heteroatoms. The Hall–Kier alpha value is -3.51. The van der Waals surface area contributed by atoms with Gasteiger partial charge in [-0.1, -0.05) is 93.6 Å². The number of benzene rings is 2. The summed E-state index contributed by atoms with van der Waals surface area (Å²) in [5.74, 6) is 2.82. The fourth-order valence-electron chi connectivity index (χ4n) is 4.83. The van der Waals surface area contributed by atoms with Gasteiger partial charge in [0, 0.05) is 18.5 Å². The molecular weight excluding hydrogens is 480 g/mol. The van der Waals surface area contributed by atoms with Crippen LogP contribution in [0.1, 0.15) is 76.4 Å². The van der Waals surface area contributed by atoms with Crippen LogP contribution in [-0.2, 0) is 6.54 Å². The Morgan fingerprint density at radius 2 is 1.51 bits per heavy atom. The number of imidazole rings is 1. The van der Waals surface area contributed by atoms with E-state index in [0.29, 0.717) is 24.9 Å². The second-order valence-electron chi connectivity index (χ2n) is 11.3. The van der Waals surface area contributed by atoms with Crippen LogP contribution in [-0.4, -0.2) is 32.6 Å². The van der Waals surface area contributed by atoms with E-state index in [0.717, 1.165) is 42.2 Å². The van der Waals surface area contributed by atoms with Gasteiger partial charge < -0.3 is 15.2 Å². The van der Waals surface area contributed by atoms with Crippen LogP contribution in [0.15, 0.2) is 79.1 Å². The van der Waals surface area contributed by atoms with E-state index < -0.39 is 0 Å². The van der Waals surface area contributed by atoms with Crippen LogP contribution < -0.4 is 10.6 Å². The molecule has 0 aliphatic rings. The van der Waals surface area contributed by atoms with E-state index in [4.69, 9.17) is 15.0 Å². The van der Waals surface area contributed by atoms with Crippen molar-refractivity contribution >= 4 is 17.0 Å². The van der Waals surface area contributed by atoms with Crippen LogP contribution in [0.4, 0.5) is 5.82 Å². The Morgan fingerprint density at radius 1 is 0.872 bits per heavy atom. The van der Waals surface area contributed by atoms with Gasteiger partial charge in [-0.25, -0.2) is 15.0 Å². The lowest BCUT2D eigenvalue weighted by Crippen LogP contribution is -2.21. The predicted octanol–water partition coefficient (Wildman–Crippen LogP) is 7.37. The molecule has 6 nitrogen and oxygen atoms in total. The number of nitrogens with zero attached hydrogens (tertiary/aromatic N) is 4. The van der Waals surface area contributed by atoms with Crippen LogP contribution >= 0.6 is 0 Å². The van der Waals surface area contributed by atoms with Gasteiger partial charge in [0.2, 0.25) is 0 Å². The third kappa shape index (κ3) is 7.54. The highest BCUT2D eigenvalue weighted by molar-refractivity contribution is 5.83. The fraction of sp³-hybridized carbons (Fsp3) is 0.424. The number of fused-ring (bicyclic) bond motifs is 1. The maximum atomic E-state index is 4.99. The molecule has 2 heterocycles. The first-order valence-corrected chi connectivity index (χ1v) is 14.3. The molecule has 39 heavy (non-hydrogen) atoms. The average molecular weight is 525 g/mol. The summed E-state index contributed by atoms with van der Waals surface area (Å²) in [7, 11) is 0. The summed E-state index contributed by atoms with van der Waals surface area (Å²) < 4.78 is 2.21. The van der Waals surface area contributed by atoms with E-state index in [1.807, 2.05) is 6.33 Å². The molecule has 0 saturated heterocycles. The summed E-state index contributed by atoms with van der Waals surface area (Å²) in [6.45, 7) is 17.4. The van der Waals surface area contributed by atoms with Gasteiger partial charge in [0.1, 0.15) is 11.3 Å². The van der Waals surface area contributed by atoms with Gasteiger partial charge in [-0.2, -0.15) is 0 Å². The van der Waals surface area contributed by atoms with Crippen molar-refractivity contribution < 1.29 is 0 Å². The van der Waals surface area contributed by atoms with Crippen molar-refractivity contribution in [3.8, 4) is 0 Å². The lowest BCUT2D eigenvalue weighted by Gasteiger charge is -2.20. The molecule has 4 rings (SSSR count). The SMILES string of the molecule is C=C(C)C(C)CCC(C)n1cnc2c(NCC(c3ccccc3)c3ccccc3)nc(CNCC(C)C)nc21. The summed E-state index contributed by atoms with van der Waals surface area (Å²) in [5, 5.41) is 7.19. The van der Waals surface area contributed by atoms with Crippen molar-refractivity contribution in [2.45, 2.75) is 66.0 Å². The topological polar surface area (TPSA) is 67.7 Å². The number of hydrogen-bond donors (Lipinski definition) is 2. The molecule has 4 aromatic rings. The van der Waals surface area contributed by atoms with Gasteiger partial charge in [0.25, 0.3) is 0 Å². The molecular formula is C33H44N6. The number of anilines is 1. The Bertz CT molecular complexity index is 1290. The second-order valence-corrected chi connectivity index (χ2v) is 11.3. The van der Waals surface area contributed by atoms with Crippen LogP contribution in [0, 0.1) is 11.8 Å². The molecule has 2 atom stereocenters. The molecule has 0 saturated carbocycles. The zero-order valence-electron chi connectivity index (χ0n) is 24.2. The third-order valence-electron chi connectivity index (χ3n) is 7.51. The van der Waals surface area contributed by atoms with Crippen molar-refractivity contribution in [3.05, 3.63) is 96.1 Å². The monoisotopic (exact) mass is 524 g/mol. The van der Waals surface area contributed by atoms with Crippen LogP contribution in [0.3, 0.4) is 0 Å². The lowest BCUT2D eigenvalue weighted by molar-refractivity contribution is 0.454. The van der Waals surface area contributed by atoms with E-state index in [-0.39, 0.29) is 12.0 Å². The largest absolute Gasteiger partial charge is 0.367 e. The predicted molar refractivity (Wildman–Crippen MR) is 163 cm³/mol. The molecule has 2 unspecified atom stereocenters. The van der Waals surface area contributed by atoms with Gasteiger partial charge in [-0.15, -0.1) is 0 Å². The fourth-order valence-corrected chi connectivity index (χ4v) is 4.83. The van der Waals surface area contributed by atoms with E-state index in [1.54, 1.807) is 0 Å². The minimum Gasteiger partial charge on any atom is -0.367 e. The maximum absolute atomic E-state index is 4.99. The van der Waals surface area contributed by atoms with Gasteiger partial charge in [0.05, 0.1) is 12.9 Å². The van der Waals surface area contributed by atoms with Crippen molar-refractivity contribution in [2.75, 3.05) is 18.4 Å². The first-order valence-electron chi connectivity index (χ1n) is 14.3. The van der Waals surface area contributed by atoms with E-state index in [1.165, 1.54) is 16.7 Å². The molecule has 0 amide bonds. The molecule has 206 valence electrons. The zero-order chi connectivity index (χ0) is 27.8. The molecule has 0 radical (unpaired) electrons. The van der Waals surface area contributed by atoms with Gasteiger partial charge in [-0.3, -0.25) is 0 Å². The van der Waals surface area contributed by atoms with Gasteiger partial charge in [-0.05, 0) is 56.2 Å². The smallest absolute Gasteiger partial charge is 0.166 e. The molecule has 2 aromatic carbocycles. The van der Waals surface area contributed by atoms with Crippen molar-refractivity contribution in [1.82, 2.24) is 24.8 Å². The van der Waals surface area contributed by atoms with Crippen LogP contribution in [0.25, 0.3) is 11.2 Å². The number of hydrogen-bond acceptors (Lipinski definition) is 5. The third-order valence-corrected chi connectivity index (χ3v) is 7.51. The lowest BCUT2D eigenvalue weighted by atomic mass is 9.91. The number of aromatic nitrogens is 4. The summed E-state index contributed by atoms with van der Waals surface area (Å²) in [4.78, 5) is 14.8. The van der Waals surface area contributed by atoms with Crippen molar-refractivity contribution in [3.63, 3.8) is 0 Å². The first kappa shape index (κ1) is 28.5. The standard InChI is InChI=1S/C33H44N6/c1-23(2)19-34-21-30-37-32(31-33(38-30)39(22-36-31)26(6)18-17-25(5)24(3)4)35-20-29(27-13-9-7-10-14-27)28-15-11-8-12-16-28/h7-16,22-23,25-26,29,34H,3,17-21H2,1-2,4-6H3,(H,35,37,38). The number of rotatable bonds is 14. The highest BCUT2D eigenvalue weighted by atomic mass is 15.2. The molecule has 2 aromatic heterocycles. The van der Waals surface area contributed by atoms with Gasteiger partial charge in [0.15, 0.2) is 11.5 Å². The maximum Gasteiger partial charge on any atom is 0.166 e. The Kier molecular flexibility index (Phi) is 9.88. The summed E-state index contributed by atoms with van der Waals surface area (Å²) in [6.07, 6.45) is 4.06. The minimum absolute atomic E-state index is 0.185. The van der Waals surface area contributed by atoms with Crippen LogP contribution in [0.5, 0.6) is 0 Å². The van der Waals surface area contributed by atoms with Crippen molar-refractivity contribution in [1.29, 1.82) is 0 Å². The van der Waals surface area contributed by atoms with Crippen molar-refractivity contribution in [2.24, 2.45) is 11.8 Å².